The van der Waals surface area contributed by atoms with E-state index < -0.39 is 5.97 Å². The lowest BCUT2D eigenvalue weighted by molar-refractivity contribution is -0.138. The van der Waals surface area contributed by atoms with Crippen LogP contribution in [0.3, 0.4) is 0 Å². The molecule has 148 valence electrons. The first-order valence-corrected chi connectivity index (χ1v) is 9.58. The molecule has 0 radical (unpaired) electrons. The van der Waals surface area contributed by atoms with Gasteiger partial charge in [-0.25, -0.2) is 9.97 Å². The van der Waals surface area contributed by atoms with Gasteiger partial charge in [0.2, 0.25) is 0 Å². The van der Waals surface area contributed by atoms with Gasteiger partial charge >= 0.3 is 5.97 Å². The van der Waals surface area contributed by atoms with E-state index >= 15 is 0 Å². The number of aromatic nitrogens is 2. The summed E-state index contributed by atoms with van der Waals surface area (Å²) in [6, 6.07) is 16.0. The Bertz CT molecular complexity index is 1030. The van der Waals surface area contributed by atoms with E-state index in [-0.39, 0.29) is 11.8 Å². The molecule has 1 aliphatic rings. The molecule has 1 saturated carbocycles. The van der Waals surface area contributed by atoms with E-state index in [1.54, 1.807) is 13.3 Å². The Kier molecular flexibility index (Phi) is 5.16. The molecule has 4 rings (SSSR count). The molecule has 2 atom stereocenters. The third-order valence-corrected chi connectivity index (χ3v) is 5.18. The van der Waals surface area contributed by atoms with E-state index in [1.807, 2.05) is 30.3 Å². The van der Waals surface area contributed by atoms with Crippen molar-refractivity contribution in [2.45, 2.75) is 25.8 Å². The van der Waals surface area contributed by atoms with Crippen molar-refractivity contribution in [1.82, 2.24) is 9.97 Å². The Morgan fingerprint density at radius 3 is 2.76 bits per heavy atom. The van der Waals surface area contributed by atoms with Crippen LogP contribution in [0.15, 0.2) is 54.7 Å². The molecule has 0 amide bonds. The second-order valence-electron chi connectivity index (χ2n) is 7.35. The highest BCUT2D eigenvalue weighted by Gasteiger charge is 2.46. The highest BCUT2D eigenvalue weighted by atomic mass is 16.5. The number of hydrogen-bond acceptors (Lipinski definition) is 5. The molecule has 1 fully saturated rings. The van der Waals surface area contributed by atoms with Gasteiger partial charge in [0, 0.05) is 24.2 Å². The average molecular weight is 389 g/mol. The Morgan fingerprint density at radius 2 is 2.10 bits per heavy atom. The topological polar surface area (TPSA) is 84.3 Å². The third kappa shape index (κ3) is 4.21. The number of carboxylic acids is 1. The van der Waals surface area contributed by atoms with E-state index in [9.17, 15) is 9.90 Å². The Labute approximate surface area is 169 Å². The zero-order valence-electron chi connectivity index (χ0n) is 16.4. The van der Waals surface area contributed by atoms with E-state index in [0.717, 1.165) is 17.1 Å². The van der Waals surface area contributed by atoms with Gasteiger partial charge in [-0.2, -0.15) is 0 Å². The van der Waals surface area contributed by atoms with Crippen LogP contribution in [-0.4, -0.2) is 28.2 Å². The lowest BCUT2D eigenvalue weighted by Crippen LogP contribution is -2.03. The van der Waals surface area contributed by atoms with Crippen LogP contribution in [-0.2, 0) is 11.3 Å². The van der Waals surface area contributed by atoms with Crippen molar-refractivity contribution in [2.75, 3.05) is 12.4 Å². The molecule has 2 aromatic heterocycles. The first kappa shape index (κ1) is 18.9. The molecule has 0 spiro atoms. The molecule has 1 aliphatic carbocycles. The number of benzene rings is 1. The van der Waals surface area contributed by atoms with Crippen LogP contribution < -0.4 is 10.1 Å². The summed E-state index contributed by atoms with van der Waals surface area (Å²) >= 11 is 0. The minimum atomic E-state index is -0.782. The summed E-state index contributed by atoms with van der Waals surface area (Å²) in [7, 11) is 1.58. The van der Waals surface area contributed by atoms with Gasteiger partial charge in [-0.3, -0.25) is 4.79 Å². The van der Waals surface area contributed by atoms with Crippen molar-refractivity contribution in [3.05, 3.63) is 71.5 Å². The Hall–Kier alpha value is -3.41. The number of nitrogens with zero attached hydrogens (tertiary/aromatic N) is 2. The number of hydrogen-bond donors (Lipinski definition) is 2. The molecule has 3 aromatic rings. The number of aliphatic carboxylic acids is 1. The molecule has 1 aromatic carbocycles. The summed E-state index contributed by atoms with van der Waals surface area (Å²) in [5.74, 6) is 0.169. The van der Waals surface area contributed by atoms with E-state index in [1.165, 1.54) is 11.1 Å². The third-order valence-electron chi connectivity index (χ3n) is 5.18. The minimum absolute atomic E-state index is 0.0920. The maximum atomic E-state index is 11.2. The minimum Gasteiger partial charge on any atom is -0.495 e. The second-order valence-corrected chi connectivity index (χ2v) is 7.35. The van der Waals surface area contributed by atoms with Crippen molar-refractivity contribution in [3.63, 3.8) is 0 Å². The number of methoxy groups -OCH3 is 1. The largest absolute Gasteiger partial charge is 0.495 e. The molecule has 2 N–H and O–H groups in total. The van der Waals surface area contributed by atoms with Crippen molar-refractivity contribution >= 4 is 11.8 Å². The number of rotatable bonds is 7. The van der Waals surface area contributed by atoms with E-state index in [0.29, 0.717) is 24.4 Å². The van der Waals surface area contributed by atoms with Crippen molar-refractivity contribution < 1.29 is 14.6 Å². The molecule has 6 heteroatoms. The number of anilines is 1. The molecule has 0 bridgehead atoms. The molecule has 0 aliphatic heterocycles. The van der Waals surface area contributed by atoms with E-state index in [4.69, 9.17) is 9.72 Å². The van der Waals surface area contributed by atoms with Crippen LogP contribution in [0.2, 0.25) is 0 Å². The first-order valence-electron chi connectivity index (χ1n) is 9.58. The van der Waals surface area contributed by atoms with Gasteiger partial charge < -0.3 is 15.2 Å². The van der Waals surface area contributed by atoms with Crippen molar-refractivity contribution in [2.24, 2.45) is 5.92 Å². The molecular formula is C23H23N3O3. The number of ether oxygens (including phenoxy) is 1. The number of carboxylic acid groups (broad SMARTS) is 1. The van der Waals surface area contributed by atoms with Crippen LogP contribution >= 0.6 is 0 Å². The summed E-state index contributed by atoms with van der Waals surface area (Å²) in [5, 5.41) is 12.6. The van der Waals surface area contributed by atoms with Crippen LogP contribution in [0.25, 0.3) is 11.3 Å². The predicted molar refractivity (Wildman–Crippen MR) is 111 cm³/mol. The van der Waals surface area contributed by atoms with Crippen molar-refractivity contribution in [1.29, 1.82) is 0 Å². The van der Waals surface area contributed by atoms with Crippen LogP contribution in [0, 0.1) is 12.8 Å². The van der Waals surface area contributed by atoms with Gasteiger partial charge in [0.15, 0.2) is 0 Å². The molecule has 6 nitrogen and oxygen atoms in total. The SMILES string of the molecule is COc1ccc(-c2ccc(NCc3cccc(C)c3)nc2)nc1C1CC1C(=O)O. The lowest BCUT2D eigenvalue weighted by atomic mass is 10.1. The van der Waals surface area contributed by atoms with Gasteiger partial charge in [0.25, 0.3) is 0 Å². The Morgan fingerprint density at radius 1 is 1.24 bits per heavy atom. The smallest absolute Gasteiger partial charge is 0.307 e. The lowest BCUT2D eigenvalue weighted by Gasteiger charge is -2.10. The fraction of sp³-hybridized carbons (Fsp3) is 0.261. The summed E-state index contributed by atoms with van der Waals surface area (Å²) in [5.41, 5.74) is 4.78. The van der Waals surface area contributed by atoms with Gasteiger partial charge in [0.1, 0.15) is 11.6 Å². The Balaban J connectivity index is 1.49. The molecular weight excluding hydrogens is 366 g/mol. The molecule has 29 heavy (non-hydrogen) atoms. The zero-order chi connectivity index (χ0) is 20.4. The standard InChI is InChI=1S/C23H23N3O3/c1-14-4-3-5-15(10-14)12-24-21-9-6-16(13-25-21)19-7-8-20(29-2)22(26-19)17-11-18(17)23(27)28/h3-10,13,17-18H,11-12H2,1-2H3,(H,24,25)(H,27,28). The van der Waals surface area contributed by atoms with E-state index in [2.05, 4.69) is 35.4 Å². The highest BCUT2D eigenvalue weighted by Crippen LogP contribution is 2.50. The van der Waals surface area contributed by atoms with Gasteiger partial charge in [-0.1, -0.05) is 29.8 Å². The highest BCUT2D eigenvalue weighted by molar-refractivity contribution is 5.75. The van der Waals surface area contributed by atoms with Crippen LogP contribution in [0.5, 0.6) is 5.75 Å². The van der Waals surface area contributed by atoms with Gasteiger partial charge in [-0.05, 0) is 43.2 Å². The summed E-state index contributed by atoms with van der Waals surface area (Å²) < 4.78 is 5.39. The van der Waals surface area contributed by atoms with Crippen molar-refractivity contribution in [3.8, 4) is 17.0 Å². The van der Waals surface area contributed by atoms with Gasteiger partial charge in [-0.15, -0.1) is 0 Å². The fourth-order valence-electron chi connectivity index (χ4n) is 3.50. The molecule has 2 unspecified atom stereocenters. The summed E-state index contributed by atoms with van der Waals surface area (Å²) in [4.78, 5) is 20.4. The average Bonchev–Trinajstić information content (AvgIpc) is 3.53. The molecule has 0 saturated heterocycles. The maximum Gasteiger partial charge on any atom is 0.307 e. The summed E-state index contributed by atoms with van der Waals surface area (Å²) in [6.45, 7) is 2.78. The van der Waals surface area contributed by atoms with Crippen LogP contribution in [0.1, 0.15) is 29.2 Å². The fourth-order valence-corrected chi connectivity index (χ4v) is 3.50. The number of carbonyl (C=O) groups is 1. The number of aryl methyl sites for hydroxylation is 1. The molecule has 2 heterocycles. The predicted octanol–water partition coefficient (Wildman–Crippen LogP) is 4.26. The number of nitrogens with one attached hydrogen (secondary N) is 1. The maximum absolute atomic E-state index is 11.2. The monoisotopic (exact) mass is 389 g/mol. The second kappa shape index (κ2) is 7.91. The zero-order valence-corrected chi connectivity index (χ0v) is 16.4. The number of pyridine rings is 2. The summed E-state index contributed by atoms with van der Waals surface area (Å²) in [6.07, 6.45) is 2.38. The quantitative estimate of drug-likeness (QED) is 0.628. The normalized spacial score (nSPS) is 17.6. The van der Waals surface area contributed by atoms with Gasteiger partial charge in [0.05, 0.1) is 24.4 Å². The van der Waals surface area contributed by atoms with Crippen LogP contribution in [0.4, 0.5) is 5.82 Å². The first-order chi connectivity index (χ1) is 14.0.